The fraction of sp³-hybridized carbons (Fsp3) is 0.571. The molecule has 1 aliphatic heterocycles. The minimum atomic E-state index is -1.00. The number of carbonyl (C=O) groups excluding carboxylic acids is 1. The van der Waals surface area contributed by atoms with Gasteiger partial charge in [0.25, 0.3) is 0 Å². The fourth-order valence-corrected chi connectivity index (χ4v) is 3.23. The van der Waals surface area contributed by atoms with Gasteiger partial charge in [-0.15, -0.1) is 11.3 Å². The summed E-state index contributed by atoms with van der Waals surface area (Å²) in [7, 11) is 0. The van der Waals surface area contributed by atoms with E-state index in [0.717, 1.165) is 30.7 Å². The number of aryl methyl sites for hydroxylation is 1. The first-order chi connectivity index (χ1) is 9.60. The largest absolute Gasteiger partial charge is 0.478 e. The lowest BCUT2D eigenvalue weighted by Gasteiger charge is -2.09. The van der Waals surface area contributed by atoms with E-state index in [4.69, 9.17) is 9.84 Å². The molecular formula is C14H19NO4S. The summed E-state index contributed by atoms with van der Waals surface area (Å²) in [5.74, 6) is -1.15. The zero-order valence-corrected chi connectivity index (χ0v) is 12.3. The molecule has 110 valence electrons. The molecule has 0 aliphatic carbocycles. The van der Waals surface area contributed by atoms with Gasteiger partial charge in [0.05, 0.1) is 11.7 Å². The number of carboxylic acids is 1. The van der Waals surface area contributed by atoms with Crippen LogP contribution in [0.15, 0.2) is 6.07 Å². The SMILES string of the molecule is CCc1cc(C(=O)O)c(NC(=O)CCC2CCCO2)s1. The Balaban J connectivity index is 1.92. The van der Waals surface area contributed by atoms with E-state index in [2.05, 4.69) is 5.32 Å². The van der Waals surface area contributed by atoms with E-state index >= 15 is 0 Å². The van der Waals surface area contributed by atoms with Crippen molar-refractivity contribution >= 4 is 28.2 Å². The van der Waals surface area contributed by atoms with Crippen molar-refractivity contribution in [1.29, 1.82) is 0 Å². The highest BCUT2D eigenvalue weighted by Crippen LogP contribution is 2.29. The van der Waals surface area contributed by atoms with Crippen LogP contribution >= 0.6 is 11.3 Å². The predicted octanol–water partition coefficient (Wildman–Crippen LogP) is 2.91. The molecule has 1 aromatic rings. The number of hydrogen-bond donors (Lipinski definition) is 2. The summed E-state index contributed by atoms with van der Waals surface area (Å²) in [6, 6.07) is 1.63. The molecule has 5 nitrogen and oxygen atoms in total. The topological polar surface area (TPSA) is 75.6 Å². The summed E-state index contributed by atoms with van der Waals surface area (Å²) in [5, 5.41) is 12.3. The van der Waals surface area contributed by atoms with Crippen molar-refractivity contribution in [1.82, 2.24) is 0 Å². The molecular weight excluding hydrogens is 278 g/mol. The molecule has 0 saturated carbocycles. The first kappa shape index (κ1) is 15.0. The van der Waals surface area contributed by atoms with Crippen molar-refractivity contribution < 1.29 is 19.4 Å². The third kappa shape index (κ3) is 3.80. The molecule has 20 heavy (non-hydrogen) atoms. The van der Waals surface area contributed by atoms with Crippen LogP contribution in [0.3, 0.4) is 0 Å². The second-order valence-electron chi connectivity index (χ2n) is 4.84. The number of anilines is 1. The summed E-state index contributed by atoms with van der Waals surface area (Å²) in [6.45, 7) is 2.74. The molecule has 1 atom stereocenters. The van der Waals surface area contributed by atoms with Crippen molar-refractivity contribution in [2.24, 2.45) is 0 Å². The maximum atomic E-state index is 11.9. The van der Waals surface area contributed by atoms with Gasteiger partial charge in [-0.3, -0.25) is 4.79 Å². The van der Waals surface area contributed by atoms with Gasteiger partial charge in [0.1, 0.15) is 5.00 Å². The maximum Gasteiger partial charge on any atom is 0.338 e. The van der Waals surface area contributed by atoms with Gasteiger partial charge >= 0.3 is 5.97 Å². The van der Waals surface area contributed by atoms with Gasteiger partial charge in [-0.2, -0.15) is 0 Å². The normalized spacial score (nSPS) is 18.1. The van der Waals surface area contributed by atoms with Crippen LogP contribution in [0.25, 0.3) is 0 Å². The summed E-state index contributed by atoms with van der Waals surface area (Å²) in [6.07, 6.45) is 4.06. The Hall–Kier alpha value is -1.40. The number of hydrogen-bond acceptors (Lipinski definition) is 4. The molecule has 1 fully saturated rings. The molecule has 1 amide bonds. The lowest BCUT2D eigenvalue weighted by molar-refractivity contribution is -0.116. The lowest BCUT2D eigenvalue weighted by atomic mass is 10.1. The van der Waals surface area contributed by atoms with E-state index in [1.54, 1.807) is 6.07 Å². The lowest BCUT2D eigenvalue weighted by Crippen LogP contribution is -2.15. The van der Waals surface area contributed by atoms with Gasteiger partial charge in [0, 0.05) is 17.9 Å². The van der Waals surface area contributed by atoms with Gasteiger partial charge in [0.15, 0.2) is 0 Å². The zero-order valence-electron chi connectivity index (χ0n) is 11.5. The average molecular weight is 297 g/mol. The number of nitrogens with one attached hydrogen (secondary N) is 1. The molecule has 1 aromatic heterocycles. The summed E-state index contributed by atoms with van der Waals surface area (Å²) in [5.41, 5.74) is 0.178. The van der Waals surface area contributed by atoms with Crippen molar-refractivity contribution in [3.63, 3.8) is 0 Å². The minimum Gasteiger partial charge on any atom is -0.478 e. The Morgan fingerprint density at radius 1 is 1.55 bits per heavy atom. The molecule has 1 saturated heterocycles. The van der Waals surface area contributed by atoms with Crippen molar-refractivity contribution in [3.8, 4) is 0 Å². The Bertz CT molecular complexity index is 491. The number of aromatic carboxylic acids is 1. The van der Waals surface area contributed by atoms with Crippen LogP contribution in [0.4, 0.5) is 5.00 Å². The molecule has 6 heteroatoms. The fourth-order valence-electron chi connectivity index (χ4n) is 2.22. The third-order valence-electron chi connectivity index (χ3n) is 3.33. The van der Waals surface area contributed by atoms with Gasteiger partial charge in [-0.05, 0) is 31.7 Å². The Kier molecular flexibility index (Phi) is 5.14. The van der Waals surface area contributed by atoms with E-state index in [-0.39, 0.29) is 17.6 Å². The molecule has 1 unspecified atom stereocenters. The Morgan fingerprint density at radius 3 is 2.95 bits per heavy atom. The quantitative estimate of drug-likeness (QED) is 0.846. The number of ether oxygens (including phenoxy) is 1. The van der Waals surface area contributed by atoms with Gasteiger partial charge in [-0.1, -0.05) is 6.92 Å². The van der Waals surface area contributed by atoms with Crippen molar-refractivity contribution in [3.05, 3.63) is 16.5 Å². The van der Waals surface area contributed by atoms with Gasteiger partial charge in [-0.25, -0.2) is 4.79 Å². The van der Waals surface area contributed by atoms with Crippen LogP contribution in [-0.2, 0) is 16.0 Å². The van der Waals surface area contributed by atoms with Crippen molar-refractivity contribution in [2.75, 3.05) is 11.9 Å². The monoisotopic (exact) mass is 297 g/mol. The number of amides is 1. The first-order valence-corrected chi connectivity index (χ1v) is 7.69. The van der Waals surface area contributed by atoms with E-state index < -0.39 is 5.97 Å². The second-order valence-corrected chi connectivity index (χ2v) is 5.97. The third-order valence-corrected chi connectivity index (χ3v) is 4.53. The summed E-state index contributed by atoms with van der Waals surface area (Å²) in [4.78, 5) is 24.0. The van der Waals surface area contributed by atoms with Crippen LogP contribution in [-0.4, -0.2) is 29.7 Å². The maximum absolute atomic E-state index is 11.9. The van der Waals surface area contributed by atoms with Crippen LogP contribution < -0.4 is 5.32 Å². The Morgan fingerprint density at radius 2 is 2.35 bits per heavy atom. The van der Waals surface area contributed by atoms with Gasteiger partial charge in [0.2, 0.25) is 5.91 Å². The molecule has 0 bridgehead atoms. The molecule has 1 aliphatic rings. The molecule has 0 radical (unpaired) electrons. The smallest absolute Gasteiger partial charge is 0.338 e. The van der Waals surface area contributed by atoms with Gasteiger partial charge < -0.3 is 15.2 Å². The van der Waals surface area contributed by atoms with Crippen LogP contribution in [0, 0.1) is 0 Å². The van der Waals surface area contributed by atoms with E-state index in [9.17, 15) is 9.59 Å². The van der Waals surface area contributed by atoms with E-state index in [1.807, 2.05) is 6.92 Å². The number of rotatable bonds is 6. The second kappa shape index (κ2) is 6.85. The first-order valence-electron chi connectivity index (χ1n) is 6.87. The zero-order chi connectivity index (χ0) is 14.5. The summed E-state index contributed by atoms with van der Waals surface area (Å²) >= 11 is 1.33. The number of thiophene rings is 1. The summed E-state index contributed by atoms with van der Waals surface area (Å²) < 4.78 is 5.47. The average Bonchev–Trinajstić information content (AvgIpc) is 3.05. The van der Waals surface area contributed by atoms with E-state index in [1.165, 1.54) is 11.3 Å². The molecule has 0 spiro atoms. The highest BCUT2D eigenvalue weighted by atomic mass is 32.1. The minimum absolute atomic E-state index is 0.146. The van der Waals surface area contributed by atoms with Crippen molar-refractivity contribution in [2.45, 2.75) is 45.1 Å². The molecule has 2 N–H and O–H groups in total. The number of carbonyl (C=O) groups is 2. The Labute approximate surface area is 121 Å². The van der Waals surface area contributed by atoms with Crippen LogP contribution in [0.1, 0.15) is 47.8 Å². The highest BCUT2D eigenvalue weighted by Gasteiger charge is 2.19. The molecule has 2 heterocycles. The number of carboxylic acid groups (broad SMARTS) is 1. The van der Waals surface area contributed by atoms with E-state index in [0.29, 0.717) is 17.8 Å². The van der Waals surface area contributed by atoms with Crippen LogP contribution in [0.5, 0.6) is 0 Å². The molecule has 0 aromatic carbocycles. The standard InChI is InChI=1S/C14H19NO4S/c1-2-10-8-11(14(17)18)13(20-10)15-12(16)6-5-9-4-3-7-19-9/h8-9H,2-7H2,1H3,(H,15,16)(H,17,18). The predicted molar refractivity (Wildman–Crippen MR) is 77.5 cm³/mol. The highest BCUT2D eigenvalue weighted by molar-refractivity contribution is 7.16. The molecule has 2 rings (SSSR count). The van der Waals surface area contributed by atoms with Crippen LogP contribution in [0.2, 0.25) is 0 Å².